The number of piperidine rings is 1. The van der Waals surface area contributed by atoms with Gasteiger partial charge in [0.1, 0.15) is 33.6 Å². The van der Waals surface area contributed by atoms with Crippen LogP contribution in [0.1, 0.15) is 41.9 Å². The van der Waals surface area contributed by atoms with E-state index in [0.717, 1.165) is 48.6 Å². The average Bonchev–Trinajstić information content (AvgIpc) is 3.23. The summed E-state index contributed by atoms with van der Waals surface area (Å²) in [6, 6.07) is 11.9. The van der Waals surface area contributed by atoms with Crippen molar-refractivity contribution in [3.05, 3.63) is 76.6 Å². The van der Waals surface area contributed by atoms with Crippen molar-refractivity contribution in [3.63, 3.8) is 0 Å². The number of aromatic nitrogens is 2. The highest BCUT2D eigenvalue weighted by Gasteiger charge is 2.29. The van der Waals surface area contributed by atoms with Gasteiger partial charge in [0, 0.05) is 24.7 Å². The van der Waals surface area contributed by atoms with Gasteiger partial charge in [-0.2, -0.15) is 4.37 Å². The van der Waals surface area contributed by atoms with Gasteiger partial charge in [-0.1, -0.05) is 37.3 Å². The Morgan fingerprint density at radius 2 is 1.90 bits per heavy atom. The molecule has 0 spiro atoms. The van der Waals surface area contributed by atoms with E-state index in [1.54, 1.807) is 0 Å². The third-order valence-corrected chi connectivity index (χ3v) is 8.11. The van der Waals surface area contributed by atoms with E-state index in [4.69, 9.17) is 0 Å². The van der Waals surface area contributed by atoms with Crippen LogP contribution >= 0.6 is 11.5 Å². The van der Waals surface area contributed by atoms with E-state index in [-0.39, 0.29) is 23.2 Å². The fraction of sp³-hybridized carbons (Fsp3) is 0.364. The summed E-state index contributed by atoms with van der Waals surface area (Å²) < 4.78 is 58.6. The molecule has 4 rings (SSSR count). The van der Waals surface area contributed by atoms with Crippen molar-refractivity contribution < 1.29 is 17.2 Å². The number of sulfone groups is 1. The smallest absolute Gasteiger partial charge is 0.187 e. The van der Waals surface area contributed by atoms with Crippen LogP contribution in [-0.4, -0.2) is 29.2 Å². The molecule has 1 fully saturated rings. The summed E-state index contributed by atoms with van der Waals surface area (Å²) in [6.07, 6.45) is 3.23. The summed E-state index contributed by atoms with van der Waals surface area (Å²) in [4.78, 5) is 5.33. The maximum Gasteiger partial charge on any atom is 0.187 e. The molecular formula is C22H23F2N3O2S2. The zero-order valence-corrected chi connectivity index (χ0v) is 18.7. The van der Waals surface area contributed by atoms with Crippen LogP contribution in [0.25, 0.3) is 0 Å². The molecule has 9 heteroatoms. The number of likely N-dealkylation sites (tertiary alicyclic amines) is 1. The highest BCUT2D eigenvalue weighted by atomic mass is 32.2. The first-order valence-corrected chi connectivity index (χ1v) is 12.5. The molecule has 5 nitrogen and oxygen atoms in total. The zero-order valence-electron chi connectivity index (χ0n) is 17.0. The van der Waals surface area contributed by atoms with Crippen molar-refractivity contribution in [2.45, 2.75) is 43.0 Å². The monoisotopic (exact) mass is 463 g/mol. The van der Waals surface area contributed by atoms with Crippen LogP contribution in [0.5, 0.6) is 0 Å². The molecule has 3 aromatic rings. The molecule has 2 atom stereocenters. The number of rotatable bonds is 6. The van der Waals surface area contributed by atoms with Crippen molar-refractivity contribution >= 4 is 21.4 Å². The number of halogens is 2. The van der Waals surface area contributed by atoms with Crippen molar-refractivity contribution in [2.75, 3.05) is 6.54 Å². The molecule has 0 N–H and O–H groups in total. The van der Waals surface area contributed by atoms with Crippen molar-refractivity contribution in [1.82, 2.24) is 14.3 Å². The largest absolute Gasteiger partial charge is 0.292 e. The minimum Gasteiger partial charge on any atom is -0.292 e. The SMILES string of the molecule is C[C@@H]1CC[C@H](c2ccccc2)N(Cc2cc(F)c(S(=O)(=O)Cc3ncns3)cc2F)C1. The molecule has 31 heavy (non-hydrogen) atoms. The second kappa shape index (κ2) is 9.10. The van der Waals surface area contributed by atoms with Crippen LogP contribution in [0.3, 0.4) is 0 Å². The van der Waals surface area contributed by atoms with E-state index >= 15 is 0 Å². The second-order valence-electron chi connectivity index (χ2n) is 8.01. The maximum atomic E-state index is 14.9. The molecular weight excluding hydrogens is 440 g/mol. The normalized spacial score (nSPS) is 20.1. The Kier molecular flexibility index (Phi) is 6.45. The van der Waals surface area contributed by atoms with Gasteiger partial charge in [-0.3, -0.25) is 4.90 Å². The van der Waals surface area contributed by atoms with Crippen molar-refractivity contribution in [3.8, 4) is 0 Å². The molecule has 0 saturated carbocycles. The van der Waals surface area contributed by atoms with Gasteiger partial charge in [0.15, 0.2) is 9.84 Å². The van der Waals surface area contributed by atoms with Gasteiger partial charge < -0.3 is 0 Å². The van der Waals surface area contributed by atoms with Crippen LogP contribution in [0.15, 0.2) is 53.7 Å². The molecule has 0 amide bonds. The maximum absolute atomic E-state index is 14.9. The quantitative estimate of drug-likeness (QED) is 0.527. The van der Waals surface area contributed by atoms with Gasteiger partial charge in [0.2, 0.25) is 0 Å². The van der Waals surface area contributed by atoms with Crippen LogP contribution < -0.4 is 0 Å². The zero-order chi connectivity index (χ0) is 22.0. The molecule has 1 aromatic heterocycles. The fourth-order valence-electron chi connectivity index (χ4n) is 4.12. The first-order valence-electron chi connectivity index (χ1n) is 10.1. The summed E-state index contributed by atoms with van der Waals surface area (Å²) in [5, 5.41) is 0.233. The Balaban J connectivity index is 1.60. The third-order valence-electron chi connectivity index (χ3n) is 5.63. The van der Waals surface area contributed by atoms with Gasteiger partial charge >= 0.3 is 0 Å². The molecule has 0 bridgehead atoms. The van der Waals surface area contributed by atoms with Gasteiger partial charge in [-0.25, -0.2) is 22.2 Å². The van der Waals surface area contributed by atoms with E-state index in [1.165, 1.54) is 6.33 Å². The Bertz CT molecular complexity index is 1140. The predicted molar refractivity (Wildman–Crippen MR) is 115 cm³/mol. The van der Waals surface area contributed by atoms with Crippen LogP contribution in [0.4, 0.5) is 8.78 Å². The van der Waals surface area contributed by atoms with E-state index < -0.39 is 32.1 Å². The molecule has 1 aliphatic rings. The number of nitrogens with zero attached hydrogens (tertiary/aromatic N) is 3. The van der Waals surface area contributed by atoms with Crippen molar-refractivity contribution in [1.29, 1.82) is 0 Å². The first kappa shape index (κ1) is 22.0. The van der Waals surface area contributed by atoms with Crippen LogP contribution in [0.2, 0.25) is 0 Å². The predicted octanol–water partition coefficient (Wildman–Crippen LogP) is 4.76. The standard InChI is InChI=1S/C22H23F2N3O2S2/c1-15-7-8-20(16-5-3-2-4-6-16)27(11-15)12-17-9-19(24)21(10-18(17)23)31(28,29)13-22-25-14-26-30-22/h2-6,9-10,14-15,20H,7-8,11-13H2,1H3/t15-,20-/m1/s1. The van der Waals surface area contributed by atoms with Gasteiger partial charge in [-0.15, -0.1) is 0 Å². The number of hydrogen-bond donors (Lipinski definition) is 0. The summed E-state index contributed by atoms with van der Waals surface area (Å²) in [5.41, 5.74) is 1.30. The molecule has 2 heterocycles. The topological polar surface area (TPSA) is 63.2 Å². The highest BCUT2D eigenvalue weighted by molar-refractivity contribution is 7.90. The molecule has 164 valence electrons. The van der Waals surface area contributed by atoms with Crippen LogP contribution in [-0.2, 0) is 22.1 Å². The fourth-order valence-corrected chi connectivity index (χ4v) is 6.30. The Morgan fingerprint density at radius 3 is 2.61 bits per heavy atom. The Hall–Kier alpha value is -2.23. The molecule has 0 radical (unpaired) electrons. The lowest BCUT2D eigenvalue weighted by Crippen LogP contribution is -2.37. The van der Waals surface area contributed by atoms with Crippen molar-refractivity contribution in [2.24, 2.45) is 5.92 Å². The van der Waals surface area contributed by atoms with E-state index in [2.05, 4.69) is 21.2 Å². The average molecular weight is 464 g/mol. The first-order chi connectivity index (χ1) is 14.8. The molecule has 2 aromatic carbocycles. The molecule has 0 unspecified atom stereocenters. The number of hydrogen-bond acceptors (Lipinski definition) is 6. The lowest BCUT2D eigenvalue weighted by Gasteiger charge is -2.39. The Labute approximate surface area is 184 Å². The van der Waals surface area contributed by atoms with E-state index in [1.807, 2.05) is 30.3 Å². The lowest BCUT2D eigenvalue weighted by atomic mass is 9.89. The number of benzene rings is 2. The van der Waals surface area contributed by atoms with Crippen LogP contribution in [0, 0.1) is 17.6 Å². The minimum absolute atomic E-state index is 0.112. The summed E-state index contributed by atoms with van der Waals surface area (Å²) in [6.45, 7) is 3.12. The van der Waals surface area contributed by atoms with Gasteiger partial charge in [0.25, 0.3) is 0 Å². The summed E-state index contributed by atoms with van der Waals surface area (Å²) in [5.74, 6) is -1.73. The summed E-state index contributed by atoms with van der Waals surface area (Å²) >= 11 is 0.916. The summed E-state index contributed by atoms with van der Waals surface area (Å²) in [7, 11) is -4.07. The molecule has 1 saturated heterocycles. The van der Waals surface area contributed by atoms with E-state index in [0.29, 0.717) is 5.92 Å². The van der Waals surface area contributed by atoms with Gasteiger partial charge in [0.05, 0.1) is 0 Å². The van der Waals surface area contributed by atoms with Gasteiger partial charge in [-0.05, 0) is 48.0 Å². The molecule has 1 aliphatic heterocycles. The second-order valence-corrected chi connectivity index (χ2v) is 10.8. The highest BCUT2D eigenvalue weighted by Crippen LogP contribution is 2.35. The third kappa shape index (κ3) is 4.99. The molecule has 0 aliphatic carbocycles. The lowest BCUT2D eigenvalue weighted by molar-refractivity contribution is 0.105. The Morgan fingerprint density at radius 1 is 1.13 bits per heavy atom. The van der Waals surface area contributed by atoms with E-state index in [9.17, 15) is 17.2 Å². The minimum atomic E-state index is -4.07.